The fourth-order valence-corrected chi connectivity index (χ4v) is 2.28. The number of nitrogens with zero attached hydrogens (tertiary/aromatic N) is 1. The van der Waals surface area contributed by atoms with Crippen LogP contribution in [0.4, 0.5) is 4.39 Å². The Hall–Kier alpha value is -2.46. The summed E-state index contributed by atoms with van der Waals surface area (Å²) in [6.45, 7) is 0.257. The van der Waals surface area contributed by atoms with Gasteiger partial charge < -0.3 is 10.5 Å². The van der Waals surface area contributed by atoms with Crippen LogP contribution in [0.5, 0.6) is 5.75 Å². The van der Waals surface area contributed by atoms with Crippen LogP contribution >= 0.6 is 0 Å². The Bertz CT molecular complexity index is 755. The molecule has 0 aliphatic heterocycles. The highest BCUT2D eigenvalue weighted by Crippen LogP contribution is 2.28. The Morgan fingerprint density at radius 2 is 1.90 bits per heavy atom. The van der Waals surface area contributed by atoms with E-state index >= 15 is 0 Å². The van der Waals surface area contributed by atoms with Crippen molar-refractivity contribution in [2.45, 2.75) is 6.10 Å². The van der Waals surface area contributed by atoms with Gasteiger partial charge in [0.25, 0.3) is 0 Å². The van der Waals surface area contributed by atoms with E-state index in [1.165, 1.54) is 12.1 Å². The van der Waals surface area contributed by atoms with E-state index in [1.807, 2.05) is 30.3 Å². The molecule has 0 saturated heterocycles. The van der Waals surface area contributed by atoms with Crippen LogP contribution < -0.4 is 10.5 Å². The molecule has 0 bridgehead atoms. The topological polar surface area (TPSA) is 48.1 Å². The third-order valence-corrected chi connectivity index (χ3v) is 3.30. The normalized spacial score (nSPS) is 12.3. The Balaban J connectivity index is 1.96. The lowest BCUT2D eigenvalue weighted by molar-refractivity contribution is 0.216. The zero-order chi connectivity index (χ0) is 14.7. The van der Waals surface area contributed by atoms with Crippen molar-refractivity contribution < 1.29 is 9.13 Å². The van der Waals surface area contributed by atoms with Crippen LogP contribution in [-0.2, 0) is 0 Å². The van der Waals surface area contributed by atoms with Crippen molar-refractivity contribution in [3.8, 4) is 5.75 Å². The largest absolute Gasteiger partial charge is 0.482 e. The molecule has 0 aliphatic carbocycles. The number of nitrogens with two attached hydrogens (primary N) is 1. The molecule has 0 spiro atoms. The van der Waals surface area contributed by atoms with Gasteiger partial charge in [-0.05, 0) is 29.8 Å². The van der Waals surface area contributed by atoms with Crippen LogP contribution in [0, 0.1) is 5.82 Å². The van der Waals surface area contributed by atoms with Crippen LogP contribution in [0.2, 0.25) is 0 Å². The SMILES string of the molecule is NCC(Oc1cccc2cccnc12)c1cccc(F)c1. The fraction of sp³-hybridized carbons (Fsp3) is 0.118. The molecule has 2 aromatic carbocycles. The van der Waals surface area contributed by atoms with Crippen molar-refractivity contribution in [2.24, 2.45) is 5.73 Å². The minimum absolute atomic E-state index is 0.257. The molecule has 3 rings (SSSR count). The number of aromatic nitrogens is 1. The van der Waals surface area contributed by atoms with Crippen molar-refractivity contribution in [3.63, 3.8) is 0 Å². The molecule has 0 radical (unpaired) electrons. The van der Waals surface area contributed by atoms with E-state index in [2.05, 4.69) is 4.98 Å². The maximum Gasteiger partial charge on any atom is 0.146 e. The van der Waals surface area contributed by atoms with Gasteiger partial charge in [-0.25, -0.2) is 4.39 Å². The van der Waals surface area contributed by atoms with Gasteiger partial charge in [0.15, 0.2) is 0 Å². The van der Waals surface area contributed by atoms with Crippen LogP contribution in [0.25, 0.3) is 10.9 Å². The van der Waals surface area contributed by atoms with Crippen LogP contribution in [0.3, 0.4) is 0 Å². The summed E-state index contributed by atoms with van der Waals surface area (Å²) in [7, 11) is 0. The first-order chi connectivity index (χ1) is 10.3. The molecule has 0 amide bonds. The summed E-state index contributed by atoms with van der Waals surface area (Å²) in [5, 5.41) is 0.991. The maximum atomic E-state index is 13.3. The Kier molecular flexibility index (Phi) is 3.79. The summed E-state index contributed by atoms with van der Waals surface area (Å²) in [4.78, 5) is 4.34. The summed E-state index contributed by atoms with van der Waals surface area (Å²) >= 11 is 0. The van der Waals surface area contributed by atoms with Crippen LogP contribution in [0.15, 0.2) is 60.8 Å². The second-order valence-electron chi connectivity index (χ2n) is 4.73. The lowest BCUT2D eigenvalue weighted by Gasteiger charge is -2.18. The van der Waals surface area contributed by atoms with Crippen molar-refractivity contribution >= 4 is 10.9 Å². The lowest BCUT2D eigenvalue weighted by Crippen LogP contribution is -2.18. The monoisotopic (exact) mass is 282 g/mol. The molecule has 21 heavy (non-hydrogen) atoms. The van der Waals surface area contributed by atoms with Gasteiger partial charge in [0, 0.05) is 18.1 Å². The predicted molar refractivity (Wildman–Crippen MR) is 80.6 cm³/mol. The average Bonchev–Trinajstić information content (AvgIpc) is 2.52. The van der Waals surface area contributed by atoms with E-state index in [9.17, 15) is 4.39 Å². The summed E-state index contributed by atoms with van der Waals surface area (Å²) in [6.07, 6.45) is 1.31. The molecule has 1 unspecified atom stereocenters. The number of ether oxygens (including phenoxy) is 1. The fourth-order valence-electron chi connectivity index (χ4n) is 2.28. The van der Waals surface area contributed by atoms with Gasteiger partial charge in [-0.2, -0.15) is 0 Å². The van der Waals surface area contributed by atoms with Crippen LogP contribution in [-0.4, -0.2) is 11.5 Å². The van der Waals surface area contributed by atoms with Gasteiger partial charge in [-0.3, -0.25) is 4.98 Å². The summed E-state index contributed by atoms with van der Waals surface area (Å²) < 4.78 is 19.3. The highest BCUT2D eigenvalue weighted by atomic mass is 19.1. The Morgan fingerprint density at radius 1 is 1.10 bits per heavy atom. The molecule has 1 atom stereocenters. The number of hydrogen-bond acceptors (Lipinski definition) is 3. The molecule has 0 saturated carbocycles. The third kappa shape index (κ3) is 2.85. The molecule has 4 heteroatoms. The molecule has 1 aromatic heterocycles. The maximum absolute atomic E-state index is 13.3. The first kappa shape index (κ1) is 13.5. The molecule has 106 valence electrons. The van der Waals surface area contributed by atoms with Gasteiger partial charge >= 0.3 is 0 Å². The number of pyridine rings is 1. The molecule has 0 aliphatic rings. The number of hydrogen-bond donors (Lipinski definition) is 1. The zero-order valence-electron chi connectivity index (χ0n) is 11.4. The van der Waals surface area contributed by atoms with E-state index in [1.54, 1.807) is 18.3 Å². The molecular formula is C17H15FN2O. The Labute approximate surface area is 122 Å². The molecule has 2 N–H and O–H groups in total. The lowest BCUT2D eigenvalue weighted by atomic mass is 10.1. The van der Waals surface area contributed by atoms with E-state index in [-0.39, 0.29) is 12.4 Å². The minimum atomic E-state index is -0.409. The summed E-state index contributed by atoms with van der Waals surface area (Å²) in [5.41, 5.74) is 7.27. The van der Waals surface area contributed by atoms with E-state index in [4.69, 9.17) is 10.5 Å². The minimum Gasteiger partial charge on any atom is -0.482 e. The number of rotatable bonds is 4. The second kappa shape index (κ2) is 5.89. The smallest absolute Gasteiger partial charge is 0.146 e. The molecule has 3 nitrogen and oxygen atoms in total. The number of halogens is 1. The van der Waals surface area contributed by atoms with E-state index < -0.39 is 6.10 Å². The predicted octanol–water partition coefficient (Wildman–Crippen LogP) is 3.45. The summed E-state index contributed by atoms with van der Waals surface area (Å²) in [5.74, 6) is 0.346. The van der Waals surface area contributed by atoms with Gasteiger partial charge in [0.2, 0.25) is 0 Å². The highest BCUT2D eigenvalue weighted by Gasteiger charge is 2.14. The second-order valence-corrected chi connectivity index (χ2v) is 4.73. The Morgan fingerprint density at radius 3 is 2.71 bits per heavy atom. The quantitative estimate of drug-likeness (QED) is 0.797. The van der Waals surface area contributed by atoms with Gasteiger partial charge in [0.1, 0.15) is 23.2 Å². The standard InChI is InChI=1S/C17H15FN2O/c18-14-7-1-5-13(10-14)16(11-19)21-15-8-2-4-12-6-3-9-20-17(12)15/h1-10,16H,11,19H2. The van der Waals surface area contributed by atoms with Crippen molar-refractivity contribution in [2.75, 3.05) is 6.54 Å². The van der Waals surface area contributed by atoms with Gasteiger partial charge in [0.05, 0.1) is 0 Å². The molecule has 1 heterocycles. The molecule has 0 fully saturated rings. The van der Waals surface area contributed by atoms with E-state index in [0.29, 0.717) is 11.3 Å². The van der Waals surface area contributed by atoms with Crippen molar-refractivity contribution in [3.05, 3.63) is 72.2 Å². The molecular weight excluding hydrogens is 267 g/mol. The van der Waals surface area contributed by atoms with Crippen molar-refractivity contribution in [1.29, 1.82) is 0 Å². The first-order valence-electron chi connectivity index (χ1n) is 6.74. The highest BCUT2D eigenvalue weighted by molar-refractivity contribution is 5.84. The third-order valence-electron chi connectivity index (χ3n) is 3.30. The molecule has 3 aromatic rings. The van der Waals surface area contributed by atoms with Crippen molar-refractivity contribution in [1.82, 2.24) is 4.98 Å². The number of para-hydroxylation sites is 1. The van der Waals surface area contributed by atoms with E-state index in [0.717, 1.165) is 10.9 Å². The number of benzene rings is 2. The summed E-state index contributed by atoms with van der Waals surface area (Å²) in [6, 6.07) is 15.8. The van der Waals surface area contributed by atoms with Gasteiger partial charge in [-0.15, -0.1) is 0 Å². The first-order valence-corrected chi connectivity index (χ1v) is 6.74. The number of fused-ring (bicyclic) bond motifs is 1. The average molecular weight is 282 g/mol. The zero-order valence-corrected chi connectivity index (χ0v) is 11.4. The van der Waals surface area contributed by atoms with Gasteiger partial charge in [-0.1, -0.05) is 30.3 Å². The van der Waals surface area contributed by atoms with Crippen LogP contribution in [0.1, 0.15) is 11.7 Å².